The van der Waals surface area contributed by atoms with E-state index in [-0.39, 0.29) is 5.91 Å². The molecular formula is C17H16N4O. The SMILES string of the molecule is Cc1ccc(CC(=O)Nc2cccc(-n3cnnc3)c2)cc1. The number of carbonyl (C=O) groups is 1. The maximum absolute atomic E-state index is 12.1. The number of anilines is 1. The molecule has 1 aromatic heterocycles. The number of carbonyl (C=O) groups excluding carboxylic acids is 1. The van der Waals surface area contributed by atoms with Crippen molar-refractivity contribution in [1.82, 2.24) is 14.8 Å². The molecule has 5 nitrogen and oxygen atoms in total. The maximum atomic E-state index is 12.1. The lowest BCUT2D eigenvalue weighted by Gasteiger charge is -2.08. The molecule has 0 saturated carbocycles. The van der Waals surface area contributed by atoms with Gasteiger partial charge in [-0.1, -0.05) is 35.9 Å². The molecule has 0 aliphatic carbocycles. The van der Waals surface area contributed by atoms with Gasteiger partial charge in [0.15, 0.2) is 0 Å². The number of aryl methyl sites for hydroxylation is 1. The minimum atomic E-state index is -0.0373. The summed E-state index contributed by atoms with van der Waals surface area (Å²) in [5, 5.41) is 10.5. The molecule has 0 aliphatic rings. The number of hydrogen-bond donors (Lipinski definition) is 1. The van der Waals surface area contributed by atoms with E-state index in [1.165, 1.54) is 5.56 Å². The first kappa shape index (κ1) is 14.0. The predicted molar refractivity (Wildman–Crippen MR) is 84.9 cm³/mol. The van der Waals surface area contributed by atoms with E-state index in [0.29, 0.717) is 6.42 Å². The average Bonchev–Trinajstić information content (AvgIpc) is 3.04. The fraction of sp³-hybridized carbons (Fsp3) is 0.118. The Balaban J connectivity index is 1.69. The van der Waals surface area contributed by atoms with Crippen molar-refractivity contribution < 1.29 is 4.79 Å². The highest BCUT2D eigenvalue weighted by atomic mass is 16.1. The molecule has 0 bridgehead atoms. The summed E-state index contributed by atoms with van der Waals surface area (Å²) in [6.07, 6.45) is 3.59. The maximum Gasteiger partial charge on any atom is 0.228 e. The molecule has 2 aromatic carbocycles. The molecule has 1 amide bonds. The summed E-state index contributed by atoms with van der Waals surface area (Å²) in [4.78, 5) is 12.1. The third kappa shape index (κ3) is 3.38. The van der Waals surface area contributed by atoms with Gasteiger partial charge in [0.2, 0.25) is 5.91 Å². The fourth-order valence-electron chi connectivity index (χ4n) is 2.17. The minimum Gasteiger partial charge on any atom is -0.326 e. The Morgan fingerprint density at radius 3 is 2.55 bits per heavy atom. The zero-order chi connectivity index (χ0) is 15.4. The number of nitrogens with one attached hydrogen (secondary N) is 1. The van der Waals surface area contributed by atoms with Crippen LogP contribution in [0.1, 0.15) is 11.1 Å². The van der Waals surface area contributed by atoms with E-state index in [2.05, 4.69) is 15.5 Å². The number of amides is 1. The van der Waals surface area contributed by atoms with Crippen LogP contribution in [-0.2, 0) is 11.2 Å². The van der Waals surface area contributed by atoms with E-state index in [1.54, 1.807) is 17.2 Å². The van der Waals surface area contributed by atoms with Crippen molar-refractivity contribution in [3.05, 3.63) is 72.3 Å². The molecule has 1 heterocycles. The molecule has 3 aromatic rings. The highest BCUT2D eigenvalue weighted by Gasteiger charge is 2.05. The van der Waals surface area contributed by atoms with E-state index in [1.807, 2.05) is 55.5 Å². The fourth-order valence-corrected chi connectivity index (χ4v) is 2.17. The molecule has 0 unspecified atom stereocenters. The van der Waals surface area contributed by atoms with Crippen molar-refractivity contribution in [2.24, 2.45) is 0 Å². The molecule has 3 rings (SSSR count). The van der Waals surface area contributed by atoms with E-state index < -0.39 is 0 Å². The standard InChI is InChI=1S/C17H16N4O/c1-13-5-7-14(8-6-13)9-17(22)20-15-3-2-4-16(10-15)21-11-18-19-12-21/h2-8,10-12H,9H2,1H3,(H,20,22). The predicted octanol–water partition coefficient (Wildman–Crippen LogP) is 2.76. The first-order chi connectivity index (χ1) is 10.7. The minimum absolute atomic E-state index is 0.0373. The summed E-state index contributed by atoms with van der Waals surface area (Å²) in [6.45, 7) is 2.03. The van der Waals surface area contributed by atoms with Gasteiger partial charge in [-0.25, -0.2) is 0 Å². The van der Waals surface area contributed by atoms with Crippen molar-refractivity contribution in [2.45, 2.75) is 13.3 Å². The summed E-state index contributed by atoms with van der Waals surface area (Å²) < 4.78 is 1.79. The third-order valence-electron chi connectivity index (χ3n) is 3.33. The molecule has 0 spiro atoms. The largest absolute Gasteiger partial charge is 0.326 e. The molecular weight excluding hydrogens is 276 g/mol. The zero-order valence-corrected chi connectivity index (χ0v) is 12.2. The second-order valence-electron chi connectivity index (χ2n) is 5.13. The quantitative estimate of drug-likeness (QED) is 0.804. The van der Waals surface area contributed by atoms with Crippen molar-refractivity contribution >= 4 is 11.6 Å². The summed E-state index contributed by atoms with van der Waals surface area (Å²) in [7, 11) is 0. The van der Waals surface area contributed by atoms with Crippen LogP contribution >= 0.6 is 0 Å². The van der Waals surface area contributed by atoms with Gasteiger partial charge in [0.1, 0.15) is 12.7 Å². The number of aromatic nitrogens is 3. The van der Waals surface area contributed by atoms with E-state index in [4.69, 9.17) is 0 Å². The van der Waals surface area contributed by atoms with Crippen molar-refractivity contribution in [1.29, 1.82) is 0 Å². The lowest BCUT2D eigenvalue weighted by molar-refractivity contribution is -0.115. The first-order valence-corrected chi connectivity index (χ1v) is 7.01. The normalized spacial score (nSPS) is 10.4. The smallest absolute Gasteiger partial charge is 0.228 e. The van der Waals surface area contributed by atoms with Crippen LogP contribution < -0.4 is 5.32 Å². The van der Waals surface area contributed by atoms with Gasteiger partial charge in [0, 0.05) is 5.69 Å². The summed E-state index contributed by atoms with van der Waals surface area (Å²) in [5.74, 6) is -0.0373. The van der Waals surface area contributed by atoms with Crippen LogP contribution in [0.15, 0.2) is 61.2 Å². The van der Waals surface area contributed by atoms with Gasteiger partial charge in [-0.15, -0.1) is 10.2 Å². The van der Waals surface area contributed by atoms with Crippen LogP contribution in [0, 0.1) is 6.92 Å². The molecule has 0 fully saturated rings. The Kier molecular flexibility index (Phi) is 3.96. The molecule has 5 heteroatoms. The number of nitrogens with zero attached hydrogens (tertiary/aromatic N) is 3. The van der Waals surface area contributed by atoms with Crippen LogP contribution in [0.5, 0.6) is 0 Å². The Labute approximate surface area is 128 Å². The monoisotopic (exact) mass is 292 g/mol. The summed E-state index contributed by atoms with van der Waals surface area (Å²) >= 11 is 0. The summed E-state index contributed by atoms with van der Waals surface area (Å²) in [5.41, 5.74) is 3.84. The molecule has 0 aliphatic heterocycles. The van der Waals surface area contributed by atoms with E-state index in [9.17, 15) is 4.79 Å². The number of hydrogen-bond acceptors (Lipinski definition) is 3. The average molecular weight is 292 g/mol. The van der Waals surface area contributed by atoms with Crippen LogP contribution in [0.3, 0.4) is 0 Å². The van der Waals surface area contributed by atoms with Gasteiger partial charge in [-0.05, 0) is 30.7 Å². The van der Waals surface area contributed by atoms with Crippen LogP contribution in [0.2, 0.25) is 0 Å². The highest BCUT2D eigenvalue weighted by molar-refractivity contribution is 5.92. The zero-order valence-electron chi connectivity index (χ0n) is 12.2. The van der Waals surface area contributed by atoms with Crippen LogP contribution in [-0.4, -0.2) is 20.7 Å². The van der Waals surface area contributed by atoms with Crippen LogP contribution in [0.4, 0.5) is 5.69 Å². The Bertz CT molecular complexity index is 764. The molecule has 22 heavy (non-hydrogen) atoms. The van der Waals surface area contributed by atoms with Crippen molar-refractivity contribution in [2.75, 3.05) is 5.32 Å². The van der Waals surface area contributed by atoms with Crippen LogP contribution in [0.25, 0.3) is 5.69 Å². The van der Waals surface area contributed by atoms with Crippen molar-refractivity contribution in [3.63, 3.8) is 0 Å². The van der Waals surface area contributed by atoms with Gasteiger partial charge in [0.05, 0.1) is 12.1 Å². The lowest BCUT2D eigenvalue weighted by atomic mass is 10.1. The van der Waals surface area contributed by atoms with Gasteiger partial charge >= 0.3 is 0 Å². The molecule has 0 saturated heterocycles. The van der Waals surface area contributed by atoms with Gasteiger partial charge < -0.3 is 5.32 Å². The lowest BCUT2D eigenvalue weighted by Crippen LogP contribution is -2.14. The first-order valence-electron chi connectivity index (χ1n) is 7.01. The Morgan fingerprint density at radius 2 is 1.82 bits per heavy atom. The highest BCUT2D eigenvalue weighted by Crippen LogP contribution is 2.14. The second kappa shape index (κ2) is 6.22. The van der Waals surface area contributed by atoms with E-state index in [0.717, 1.165) is 16.9 Å². The molecule has 1 N–H and O–H groups in total. The number of rotatable bonds is 4. The van der Waals surface area contributed by atoms with Gasteiger partial charge in [0.25, 0.3) is 0 Å². The third-order valence-corrected chi connectivity index (χ3v) is 3.33. The Hall–Kier alpha value is -2.95. The van der Waals surface area contributed by atoms with Crippen molar-refractivity contribution in [3.8, 4) is 5.69 Å². The molecule has 0 radical (unpaired) electrons. The molecule has 0 atom stereocenters. The van der Waals surface area contributed by atoms with Gasteiger partial charge in [-0.3, -0.25) is 9.36 Å². The van der Waals surface area contributed by atoms with E-state index >= 15 is 0 Å². The Morgan fingerprint density at radius 1 is 1.09 bits per heavy atom. The number of benzene rings is 2. The second-order valence-corrected chi connectivity index (χ2v) is 5.13. The topological polar surface area (TPSA) is 59.8 Å². The summed E-state index contributed by atoms with van der Waals surface area (Å²) in [6, 6.07) is 15.5. The molecule has 110 valence electrons. The van der Waals surface area contributed by atoms with Gasteiger partial charge in [-0.2, -0.15) is 0 Å².